The summed E-state index contributed by atoms with van der Waals surface area (Å²) >= 11 is 2.88. The predicted octanol–water partition coefficient (Wildman–Crippen LogP) is 5.62. The van der Waals surface area contributed by atoms with Crippen LogP contribution in [-0.4, -0.2) is 5.78 Å². The Labute approximate surface area is 124 Å². The molecule has 0 spiro atoms. The van der Waals surface area contributed by atoms with Gasteiger partial charge in [-0.1, -0.05) is 54.1 Å². The SMILES string of the molecule is O=C(CC1CCCCC1)c1ccc(Br)c(C(F)(F)F)c1. The minimum atomic E-state index is -4.44. The van der Waals surface area contributed by atoms with Crippen LogP contribution in [-0.2, 0) is 6.18 Å². The van der Waals surface area contributed by atoms with E-state index in [0.717, 1.165) is 31.7 Å². The topological polar surface area (TPSA) is 17.1 Å². The molecule has 1 aliphatic carbocycles. The average Bonchev–Trinajstić information content (AvgIpc) is 2.39. The Bertz CT molecular complexity index is 490. The van der Waals surface area contributed by atoms with Crippen molar-refractivity contribution < 1.29 is 18.0 Å². The lowest BCUT2D eigenvalue weighted by Gasteiger charge is -2.20. The maximum atomic E-state index is 12.8. The van der Waals surface area contributed by atoms with Crippen LogP contribution in [0.15, 0.2) is 22.7 Å². The van der Waals surface area contributed by atoms with Crippen LogP contribution in [0.25, 0.3) is 0 Å². The molecular weight excluding hydrogens is 333 g/mol. The first kappa shape index (κ1) is 15.5. The molecule has 0 unspecified atom stereocenters. The highest BCUT2D eigenvalue weighted by Gasteiger charge is 2.33. The molecule has 110 valence electrons. The van der Waals surface area contributed by atoms with Gasteiger partial charge >= 0.3 is 6.18 Å². The second-order valence-electron chi connectivity index (χ2n) is 5.32. The van der Waals surface area contributed by atoms with Crippen LogP contribution in [0.2, 0.25) is 0 Å². The molecule has 5 heteroatoms. The number of halogens is 4. The highest BCUT2D eigenvalue weighted by molar-refractivity contribution is 9.10. The van der Waals surface area contributed by atoms with E-state index in [1.54, 1.807) is 0 Å². The van der Waals surface area contributed by atoms with Gasteiger partial charge in [0.1, 0.15) is 0 Å². The molecule has 0 aromatic heterocycles. The summed E-state index contributed by atoms with van der Waals surface area (Å²) in [5.74, 6) is 0.143. The molecule has 1 nitrogen and oxygen atoms in total. The summed E-state index contributed by atoms with van der Waals surface area (Å²) < 4.78 is 38.4. The Kier molecular flexibility index (Phi) is 4.89. The van der Waals surface area contributed by atoms with Crippen molar-refractivity contribution in [3.63, 3.8) is 0 Å². The van der Waals surface area contributed by atoms with Crippen molar-refractivity contribution in [3.05, 3.63) is 33.8 Å². The van der Waals surface area contributed by atoms with Crippen molar-refractivity contribution >= 4 is 21.7 Å². The summed E-state index contributed by atoms with van der Waals surface area (Å²) in [6.07, 6.45) is 1.36. The summed E-state index contributed by atoms with van der Waals surface area (Å²) in [5, 5.41) is 0. The van der Waals surface area contributed by atoms with Crippen molar-refractivity contribution in [3.8, 4) is 0 Å². The fraction of sp³-hybridized carbons (Fsp3) is 0.533. The fourth-order valence-corrected chi connectivity index (χ4v) is 3.16. The molecule has 0 bridgehead atoms. The van der Waals surface area contributed by atoms with Crippen LogP contribution in [0.4, 0.5) is 13.2 Å². The highest BCUT2D eigenvalue weighted by Crippen LogP contribution is 2.36. The van der Waals surface area contributed by atoms with Gasteiger partial charge in [-0.25, -0.2) is 0 Å². The van der Waals surface area contributed by atoms with E-state index in [-0.39, 0.29) is 15.8 Å². The molecule has 1 aromatic rings. The van der Waals surface area contributed by atoms with Crippen molar-refractivity contribution in [2.24, 2.45) is 5.92 Å². The lowest BCUT2D eigenvalue weighted by molar-refractivity contribution is -0.138. The van der Waals surface area contributed by atoms with Crippen molar-refractivity contribution in [2.75, 3.05) is 0 Å². The van der Waals surface area contributed by atoms with E-state index in [1.807, 2.05) is 0 Å². The summed E-state index contributed by atoms with van der Waals surface area (Å²) in [6.45, 7) is 0. The Morgan fingerprint density at radius 2 is 1.85 bits per heavy atom. The standard InChI is InChI=1S/C15H16BrF3O/c16-13-7-6-11(9-12(13)15(17,18)19)14(20)8-10-4-2-1-3-5-10/h6-7,9-10H,1-5,8H2. The molecule has 0 heterocycles. The van der Waals surface area contributed by atoms with E-state index in [2.05, 4.69) is 15.9 Å². The average molecular weight is 349 g/mol. The van der Waals surface area contributed by atoms with Gasteiger partial charge in [-0.15, -0.1) is 0 Å². The quantitative estimate of drug-likeness (QED) is 0.647. The third-order valence-corrected chi connectivity index (χ3v) is 4.48. The van der Waals surface area contributed by atoms with Crippen LogP contribution in [0.3, 0.4) is 0 Å². The van der Waals surface area contributed by atoms with E-state index in [0.29, 0.717) is 12.3 Å². The first-order valence-electron chi connectivity index (χ1n) is 6.78. The second kappa shape index (κ2) is 6.29. The molecule has 0 N–H and O–H groups in total. The molecule has 0 amide bonds. The second-order valence-corrected chi connectivity index (χ2v) is 6.18. The predicted molar refractivity (Wildman–Crippen MR) is 74.7 cm³/mol. The van der Waals surface area contributed by atoms with Crippen LogP contribution >= 0.6 is 15.9 Å². The highest BCUT2D eigenvalue weighted by atomic mass is 79.9. The lowest BCUT2D eigenvalue weighted by Crippen LogP contribution is -2.13. The third-order valence-electron chi connectivity index (χ3n) is 3.79. The number of carbonyl (C=O) groups is 1. The van der Waals surface area contributed by atoms with Crippen LogP contribution in [0.5, 0.6) is 0 Å². The Hall–Kier alpha value is -0.840. The first-order chi connectivity index (χ1) is 9.38. The fourth-order valence-electron chi connectivity index (χ4n) is 2.69. The van der Waals surface area contributed by atoms with Gasteiger partial charge < -0.3 is 0 Å². The zero-order valence-corrected chi connectivity index (χ0v) is 12.6. The minimum absolute atomic E-state index is 0.0285. The van der Waals surface area contributed by atoms with Crippen molar-refractivity contribution in [2.45, 2.75) is 44.7 Å². The zero-order valence-electron chi connectivity index (χ0n) is 11.0. The summed E-state index contributed by atoms with van der Waals surface area (Å²) in [4.78, 5) is 12.1. The van der Waals surface area contributed by atoms with Crippen LogP contribution < -0.4 is 0 Å². The van der Waals surface area contributed by atoms with E-state index in [4.69, 9.17) is 0 Å². The number of rotatable bonds is 3. The molecule has 1 saturated carbocycles. The normalized spacial score (nSPS) is 17.2. The molecule has 20 heavy (non-hydrogen) atoms. The van der Waals surface area contributed by atoms with Gasteiger partial charge in [0.05, 0.1) is 5.56 Å². The largest absolute Gasteiger partial charge is 0.417 e. The zero-order chi connectivity index (χ0) is 14.8. The molecule has 0 radical (unpaired) electrons. The summed E-state index contributed by atoms with van der Waals surface area (Å²) in [7, 11) is 0. The smallest absolute Gasteiger partial charge is 0.294 e. The Balaban J connectivity index is 2.13. The van der Waals surface area contributed by atoms with Gasteiger partial charge in [0.2, 0.25) is 0 Å². The monoisotopic (exact) mass is 348 g/mol. The van der Waals surface area contributed by atoms with E-state index < -0.39 is 11.7 Å². The van der Waals surface area contributed by atoms with Crippen molar-refractivity contribution in [1.82, 2.24) is 0 Å². The number of alkyl halides is 3. The number of benzene rings is 1. The number of carbonyl (C=O) groups excluding carboxylic acids is 1. The third kappa shape index (κ3) is 3.84. The van der Waals surface area contributed by atoms with Crippen LogP contribution in [0, 0.1) is 5.92 Å². The van der Waals surface area contributed by atoms with Gasteiger partial charge in [-0.3, -0.25) is 4.79 Å². The molecule has 0 saturated heterocycles. The summed E-state index contributed by atoms with van der Waals surface area (Å²) in [6, 6.07) is 3.72. The molecule has 0 aliphatic heterocycles. The van der Waals surface area contributed by atoms with Gasteiger partial charge in [-0.2, -0.15) is 13.2 Å². The van der Waals surface area contributed by atoms with Crippen LogP contribution in [0.1, 0.15) is 54.4 Å². The van der Waals surface area contributed by atoms with E-state index in [9.17, 15) is 18.0 Å². The molecular formula is C15H16BrF3O. The van der Waals surface area contributed by atoms with Gasteiger partial charge in [0.25, 0.3) is 0 Å². The molecule has 1 fully saturated rings. The molecule has 1 aromatic carbocycles. The molecule has 0 atom stereocenters. The van der Waals surface area contributed by atoms with Gasteiger partial charge in [0, 0.05) is 16.5 Å². The lowest BCUT2D eigenvalue weighted by atomic mass is 9.84. The summed E-state index contributed by atoms with van der Waals surface area (Å²) in [5.41, 5.74) is -0.627. The number of ketones is 1. The van der Waals surface area contributed by atoms with E-state index >= 15 is 0 Å². The number of hydrogen-bond donors (Lipinski definition) is 0. The van der Waals surface area contributed by atoms with Gasteiger partial charge in [0.15, 0.2) is 5.78 Å². The first-order valence-corrected chi connectivity index (χ1v) is 7.57. The number of hydrogen-bond acceptors (Lipinski definition) is 1. The Morgan fingerprint density at radius 1 is 1.20 bits per heavy atom. The van der Waals surface area contributed by atoms with Crippen molar-refractivity contribution in [1.29, 1.82) is 0 Å². The van der Waals surface area contributed by atoms with E-state index in [1.165, 1.54) is 18.6 Å². The number of Topliss-reactive ketones (excluding diaryl/α,β-unsaturated/α-hetero) is 1. The molecule has 1 aliphatic rings. The maximum absolute atomic E-state index is 12.8. The molecule has 2 rings (SSSR count). The van der Waals surface area contributed by atoms with Gasteiger partial charge in [-0.05, 0) is 18.1 Å². The minimum Gasteiger partial charge on any atom is -0.294 e. The Morgan fingerprint density at radius 3 is 2.45 bits per heavy atom. The maximum Gasteiger partial charge on any atom is 0.417 e.